The quantitative estimate of drug-likeness (QED) is 0.801. The van der Waals surface area contributed by atoms with Gasteiger partial charge in [-0.1, -0.05) is 18.2 Å². The van der Waals surface area contributed by atoms with Crippen LogP contribution in [0.1, 0.15) is 0 Å². The van der Waals surface area contributed by atoms with Gasteiger partial charge in [-0.05, 0) is 12.1 Å². The highest BCUT2D eigenvalue weighted by atomic mass is 16.5. The van der Waals surface area contributed by atoms with E-state index in [1.807, 2.05) is 30.3 Å². The van der Waals surface area contributed by atoms with Gasteiger partial charge in [-0.2, -0.15) is 0 Å². The van der Waals surface area contributed by atoms with Crippen molar-refractivity contribution in [2.24, 2.45) is 0 Å². The number of nitrogens with one attached hydrogen (secondary N) is 1. The third-order valence-corrected chi connectivity index (χ3v) is 2.32. The number of hydrogen-bond donors (Lipinski definition) is 1. The summed E-state index contributed by atoms with van der Waals surface area (Å²) < 4.78 is 5.49. The van der Waals surface area contributed by atoms with E-state index in [1.165, 1.54) is 0 Å². The van der Waals surface area contributed by atoms with Gasteiger partial charge in [0.15, 0.2) is 0 Å². The average molecular weight is 206 g/mol. The van der Waals surface area contributed by atoms with E-state index in [9.17, 15) is 4.79 Å². The predicted octanol–water partition coefficient (Wildman–Crippen LogP) is 1.09. The van der Waals surface area contributed by atoms with Crippen molar-refractivity contribution in [3.63, 3.8) is 0 Å². The predicted molar refractivity (Wildman–Crippen MR) is 56.9 cm³/mol. The monoisotopic (exact) mass is 206 g/mol. The first-order chi connectivity index (χ1) is 7.36. The minimum absolute atomic E-state index is 0.00617. The molecule has 1 aromatic rings. The summed E-state index contributed by atoms with van der Waals surface area (Å²) in [5, 5.41) is 2.75. The molecule has 0 bridgehead atoms. The lowest BCUT2D eigenvalue weighted by Crippen LogP contribution is -2.31. The van der Waals surface area contributed by atoms with Crippen LogP contribution in [0.3, 0.4) is 0 Å². The lowest BCUT2D eigenvalue weighted by molar-refractivity contribution is 0.202. The Morgan fingerprint density at radius 1 is 1.33 bits per heavy atom. The molecule has 1 aliphatic rings. The van der Waals surface area contributed by atoms with Crippen LogP contribution in [0, 0.1) is 0 Å². The zero-order valence-corrected chi connectivity index (χ0v) is 8.48. The first-order valence-corrected chi connectivity index (χ1v) is 5.07. The molecule has 0 aromatic heterocycles. The summed E-state index contributed by atoms with van der Waals surface area (Å²) in [5.74, 6) is 0.845. The average Bonchev–Trinajstić information content (AvgIpc) is 2.66. The topological polar surface area (TPSA) is 41.6 Å². The molecule has 0 atom stereocenters. The summed E-state index contributed by atoms with van der Waals surface area (Å²) >= 11 is 0. The molecule has 2 rings (SSSR count). The molecule has 0 saturated carbocycles. The van der Waals surface area contributed by atoms with E-state index in [2.05, 4.69) is 5.32 Å². The number of carbonyl (C=O) groups excluding carboxylic acids is 1. The van der Waals surface area contributed by atoms with Crippen LogP contribution in [0.25, 0.3) is 0 Å². The van der Waals surface area contributed by atoms with Crippen molar-refractivity contribution in [3.8, 4) is 5.75 Å². The number of urea groups is 1. The van der Waals surface area contributed by atoms with Crippen LogP contribution in [-0.2, 0) is 0 Å². The van der Waals surface area contributed by atoms with Gasteiger partial charge in [0.2, 0.25) is 0 Å². The Labute approximate surface area is 88.8 Å². The zero-order valence-electron chi connectivity index (χ0n) is 8.48. The fourth-order valence-electron chi connectivity index (χ4n) is 1.51. The van der Waals surface area contributed by atoms with Gasteiger partial charge in [-0.15, -0.1) is 0 Å². The van der Waals surface area contributed by atoms with E-state index < -0.39 is 0 Å². The summed E-state index contributed by atoms with van der Waals surface area (Å²) in [4.78, 5) is 12.9. The van der Waals surface area contributed by atoms with Crippen molar-refractivity contribution in [2.75, 3.05) is 26.2 Å². The molecule has 1 N–H and O–H groups in total. The second-order valence-electron chi connectivity index (χ2n) is 3.38. The van der Waals surface area contributed by atoms with Gasteiger partial charge in [0, 0.05) is 13.1 Å². The molecule has 0 spiro atoms. The molecule has 0 aliphatic carbocycles. The van der Waals surface area contributed by atoms with Gasteiger partial charge in [0.1, 0.15) is 12.4 Å². The van der Waals surface area contributed by atoms with Crippen LogP contribution >= 0.6 is 0 Å². The Kier molecular flexibility index (Phi) is 3.07. The van der Waals surface area contributed by atoms with Crippen LogP contribution in [0.15, 0.2) is 30.3 Å². The Hall–Kier alpha value is -1.71. The maximum absolute atomic E-state index is 11.2. The fourth-order valence-corrected chi connectivity index (χ4v) is 1.51. The van der Waals surface area contributed by atoms with E-state index in [-0.39, 0.29) is 6.03 Å². The zero-order chi connectivity index (χ0) is 10.5. The first kappa shape index (κ1) is 9.83. The van der Waals surface area contributed by atoms with E-state index >= 15 is 0 Å². The van der Waals surface area contributed by atoms with Crippen molar-refractivity contribution in [1.82, 2.24) is 10.2 Å². The summed E-state index contributed by atoms with van der Waals surface area (Å²) in [7, 11) is 0. The smallest absolute Gasteiger partial charge is 0.317 e. The number of ether oxygens (including phenoxy) is 1. The maximum Gasteiger partial charge on any atom is 0.317 e. The summed E-state index contributed by atoms with van der Waals surface area (Å²) in [6.45, 7) is 2.69. The van der Waals surface area contributed by atoms with Crippen LogP contribution in [0.4, 0.5) is 4.79 Å². The van der Waals surface area contributed by atoms with Crippen LogP contribution in [0.5, 0.6) is 5.75 Å². The molecular weight excluding hydrogens is 192 g/mol. The normalized spacial score (nSPS) is 15.2. The molecule has 2 amide bonds. The number of amides is 2. The number of benzene rings is 1. The molecule has 80 valence electrons. The number of para-hydroxylation sites is 1. The van der Waals surface area contributed by atoms with Gasteiger partial charge >= 0.3 is 6.03 Å². The largest absolute Gasteiger partial charge is 0.492 e. The van der Waals surface area contributed by atoms with E-state index in [0.717, 1.165) is 18.8 Å². The molecule has 1 aromatic carbocycles. The molecule has 1 saturated heterocycles. The van der Waals surface area contributed by atoms with Crippen LogP contribution in [-0.4, -0.2) is 37.2 Å². The van der Waals surface area contributed by atoms with Gasteiger partial charge in [0.05, 0.1) is 6.54 Å². The minimum Gasteiger partial charge on any atom is -0.492 e. The van der Waals surface area contributed by atoms with Crippen molar-refractivity contribution in [2.45, 2.75) is 0 Å². The molecule has 1 aliphatic heterocycles. The number of rotatable bonds is 4. The number of hydrogen-bond acceptors (Lipinski definition) is 2. The van der Waals surface area contributed by atoms with Gasteiger partial charge in [-0.3, -0.25) is 0 Å². The second-order valence-corrected chi connectivity index (χ2v) is 3.38. The minimum atomic E-state index is 0.00617. The molecule has 1 fully saturated rings. The summed E-state index contributed by atoms with van der Waals surface area (Å²) in [6.07, 6.45) is 0. The van der Waals surface area contributed by atoms with Gasteiger partial charge in [-0.25, -0.2) is 4.79 Å². The van der Waals surface area contributed by atoms with E-state index in [4.69, 9.17) is 4.74 Å². The van der Waals surface area contributed by atoms with Gasteiger partial charge < -0.3 is 15.0 Å². The fraction of sp³-hybridized carbons (Fsp3) is 0.364. The summed E-state index contributed by atoms with van der Waals surface area (Å²) in [6, 6.07) is 9.62. The van der Waals surface area contributed by atoms with Gasteiger partial charge in [0.25, 0.3) is 0 Å². The highest BCUT2D eigenvalue weighted by Gasteiger charge is 2.18. The highest BCUT2D eigenvalue weighted by Crippen LogP contribution is 2.08. The van der Waals surface area contributed by atoms with Crippen molar-refractivity contribution in [1.29, 1.82) is 0 Å². The molecular formula is C11H14N2O2. The number of carbonyl (C=O) groups is 1. The Balaban J connectivity index is 1.73. The lowest BCUT2D eigenvalue weighted by Gasteiger charge is -2.14. The molecule has 15 heavy (non-hydrogen) atoms. The molecule has 4 nitrogen and oxygen atoms in total. The molecule has 4 heteroatoms. The third kappa shape index (κ3) is 2.62. The highest BCUT2D eigenvalue weighted by molar-refractivity contribution is 5.76. The maximum atomic E-state index is 11.2. The van der Waals surface area contributed by atoms with Crippen molar-refractivity contribution in [3.05, 3.63) is 30.3 Å². The van der Waals surface area contributed by atoms with E-state index in [0.29, 0.717) is 13.2 Å². The lowest BCUT2D eigenvalue weighted by atomic mass is 10.3. The van der Waals surface area contributed by atoms with Crippen molar-refractivity contribution >= 4 is 6.03 Å². The standard InChI is InChI=1S/C11H14N2O2/c14-11-12-6-7-13(11)8-9-15-10-4-2-1-3-5-10/h1-5H,6-9H2,(H,12,14). The van der Waals surface area contributed by atoms with Crippen LogP contribution < -0.4 is 10.1 Å². The van der Waals surface area contributed by atoms with Crippen LogP contribution in [0.2, 0.25) is 0 Å². The van der Waals surface area contributed by atoms with Crippen molar-refractivity contribution < 1.29 is 9.53 Å². The Bertz CT molecular complexity index is 327. The Morgan fingerprint density at radius 2 is 2.13 bits per heavy atom. The SMILES string of the molecule is O=C1NCCN1CCOc1ccccc1. The first-order valence-electron chi connectivity index (χ1n) is 5.07. The molecule has 1 heterocycles. The third-order valence-electron chi connectivity index (χ3n) is 2.32. The number of nitrogens with zero attached hydrogens (tertiary/aromatic N) is 1. The molecule has 0 unspecified atom stereocenters. The molecule has 0 radical (unpaired) electrons. The van der Waals surface area contributed by atoms with E-state index in [1.54, 1.807) is 4.90 Å². The second kappa shape index (κ2) is 4.68. The summed E-state index contributed by atoms with van der Waals surface area (Å²) in [5.41, 5.74) is 0. The Morgan fingerprint density at radius 3 is 2.80 bits per heavy atom.